The molecule has 0 radical (unpaired) electrons. The second-order valence-corrected chi connectivity index (χ2v) is 4.06. The third-order valence-electron chi connectivity index (χ3n) is 2.72. The number of ketones is 3. The molecule has 1 aromatic rings. The van der Waals surface area contributed by atoms with Crippen LogP contribution in [0.5, 0.6) is 5.75 Å². The molecule has 0 bridgehead atoms. The van der Waals surface area contributed by atoms with E-state index in [1.165, 1.54) is 25.1 Å². The molecule has 5 heteroatoms. The first-order chi connectivity index (χ1) is 8.43. The van der Waals surface area contributed by atoms with E-state index in [0.29, 0.717) is 0 Å². The molecule has 0 atom stereocenters. The highest BCUT2D eigenvalue weighted by Gasteiger charge is 2.35. The van der Waals surface area contributed by atoms with Crippen molar-refractivity contribution >= 4 is 23.1 Å². The van der Waals surface area contributed by atoms with E-state index in [1.807, 2.05) is 0 Å². The normalized spacial score (nSPS) is 14.7. The van der Waals surface area contributed by atoms with E-state index in [9.17, 15) is 24.6 Å². The number of allylic oxidation sites excluding steroid dienone is 1. The van der Waals surface area contributed by atoms with Gasteiger partial charge in [-0.2, -0.15) is 0 Å². The predicted octanol–water partition coefficient (Wildman–Crippen LogP) is 1.41. The summed E-state index contributed by atoms with van der Waals surface area (Å²) in [6.45, 7) is 1.26. The lowest BCUT2D eigenvalue weighted by molar-refractivity contribution is -0.118. The van der Waals surface area contributed by atoms with Gasteiger partial charge in [-0.15, -0.1) is 0 Å². The van der Waals surface area contributed by atoms with Crippen molar-refractivity contribution in [3.05, 3.63) is 34.9 Å². The van der Waals surface area contributed by atoms with Gasteiger partial charge in [0.15, 0.2) is 0 Å². The van der Waals surface area contributed by atoms with E-state index in [4.69, 9.17) is 0 Å². The number of carbonyl (C=O) groups excluding carboxylic acids is 3. The van der Waals surface area contributed by atoms with Crippen molar-refractivity contribution in [1.82, 2.24) is 0 Å². The molecule has 0 spiro atoms. The first kappa shape index (κ1) is 12.0. The molecule has 0 aromatic heterocycles. The van der Waals surface area contributed by atoms with Gasteiger partial charge in [0, 0.05) is 12.0 Å². The van der Waals surface area contributed by atoms with E-state index in [-0.39, 0.29) is 34.7 Å². The van der Waals surface area contributed by atoms with Gasteiger partial charge in [0.25, 0.3) is 0 Å². The summed E-state index contributed by atoms with van der Waals surface area (Å²) < 4.78 is 0. The zero-order valence-corrected chi connectivity index (χ0v) is 9.56. The molecule has 0 unspecified atom stereocenters. The first-order valence-corrected chi connectivity index (χ1v) is 5.26. The number of phenols is 1. The molecule has 1 aromatic carbocycles. The number of fused-ring (bicyclic) bond motifs is 1. The van der Waals surface area contributed by atoms with Gasteiger partial charge < -0.3 is 10.2 Å². The maximum atomic E-state index is 11.8. The van der Waals surface area contributed by atoms with Crippen molar-refractivity contribution in [3.8, 4) is 5.75 Å². The highest BCUT2D eigenvalue weighted by molar-refractivity contribution is 6.53. The van der Waals surface area contributed by atoms with Crippen LogP contribution in [0.25, 0.3) is 5.76 Å². The van der Waals surface area contributed by atoms with Crippen LogP contribution in [-0.4, -0.2) is 27.6 Å². The molecule has 18 heavy (non-hydrogen) atoms. The average molecular weight is 246 g/mol. The summed E-state index contributed by atoms with van der Waals surface area (Å²) in [6.07, 6.45) is -0.300. The minimum atomic E-state index is -0.948. The summed E-state index contributed by atoms with van der Waals surface area (Å²) in [5, 5.41) is 19.5. The molecule has 92 valence electrons. The second kappa shape index (κ2) is 4.10. The Morgan fingerprint density at radius 3 is 2.44 bits per heavy atom. The Bertz CT molecular complexity index is 610. The van der Waals surface area contributed by atoms with Crippen LogP contribution in [0.3, 0.4) is 0 Å². The van der Waals surface area contributed by atoms with Gasteiger partial charge in [-0.05, 0) is 13.0 Å². The van der Waals surface area contributed by atoms with E-state index in [0.717, 1.165) is 0 Å². The first-order valence-electron chi connectivity index (χ1n) is 5.26. The summed E-state index contributed by atoms with van der Waals surface area (Å²) in [5.74, 6) is -2.96. The zero-order chi connectivity index (χ0) is 13.4. The number of rotatable bonds is 2. The molecule has 1 aliphatic carbocycles. The van der Waals surface area contributed by atoms with Gasteiger partial charge in [-0.3, -0.25) is 14.4 Å². The van der Waals surface area contributed by atoms with Crippen molar-refractivity contribution in [2.24, 2.45) is 0 Å². The van der Waals surface area contributed by atoms with Crippen molar-refractivity contribution in [2.75, 3.05) is 0 Å². The Balaban J connectivity index is 2.70. The van der Waals surface area contributed by atoms with E-state index < -0.39 is 17.3 Å². The van der Waals surface area contributed by atoms with Gasteiger partial charge in [0.05, 0.1) is 11.1 Å². The lowest BCUT2D eigenvalue weighted by Crippen LogP contribution is -2.25. The van der Waals surface area contributed by atoms with Crippen LogP contribution in [0.2, 0.25) is 0 Å². The monoisotopic (exact) mass is 246 g/mol. The number of carbonyl (C=O) groups is 3. The average Bonchev–Trinajstić information content (AvgIpc) is 2.31. The number of benzene rings is 1. The number of aliphatic hydroxyl groups is 1. The quantitative estimate of drug-likeness (QED) is 0.769. The lowest BCUT2D eigenvalue weighted by Gasteiger charge is -2.17. The topological polar surface area (TPSA) is 91.7 Å². The van der Waals surface area contributed by atoms with Crippen LogP contribution in [-0.2, 0) is 9.59 Å². The summed E-state index contributed by atoms with van der Waals surface area (Å²) in [4.78, 5) is 34.6. The molecule has 5 nitrogen and oxygen atoms in total. The Hall–Kier alpha value is -2.43. The molecular weight excluding hydrogens is 236 g/mol. The Labute approximate surface area is 102 Å². The van der Waals surface area contributed by atoms with Crippen LogP contribution < -0.4 is 0 Å². The fraction of sp³-hybridized carbons (Fsp3) is 0.154. The minimum Gasteiger partial charge on any atom is -0.507 e. The Morgan fingerprint density at radius 2 is 1.83 bits per heavy atom. The third-order valence-corrected chi connectivity index (χ3v) is 2.72. The van der Waals surface area contributed by atoms with Crippen LogP contribution in [0, 0.1) is 0 Å². The molecular formula is C13H10O5. The van der Waals surface area contributed by atoms with Gasteiger partial charge >= 0.3 is 0 Å². The van der Waals surface area contributed by atoms with Crippen molar-refractivity contribution < 1.29 is 24.6 Å². The molecule has 2 N–H and O–H groups in total. The molecule has 1 aliphatic rings. The van der Waals surface area contributed by atoms with Gasteiger partial charge in [0.2, 0.25) is 11.6 Å². The smallest absolute Gasteiger partial charge is 0.237 e. The second-order valence-electron chi connectivity index (χ2n) is 4.06. The maximum absolute atomic E-state index is 11.8. The molecule has 0 saturated heterocycles. The molecule has 0 aliphatic heterocycles. The van der Waals surface area contributed by atoms with Gasteiger partial charge in [-0.1, -0.05) is 12.1 Å². The van der Waals surface area contributed by atoms with Crippen molar-refractivity contribution in [2.45, 2.75) is 13.3 Å². The van der Waals surface area contributed by atoms with Crippen LogP contribution in [0.15, 0.2) is 23.8 Å². The van der Waals surface area contributed by atoms with Crippen LogP contribution >= 0.6 is 0 Å². The van der Waals surface area contributed by atoms with E-state index >= 15 is 0 Å². The van der Waals surface area contributed by atoms with Crippen molar-refractivity contribution in [1.29, 1.82) is 0 Å². The van der Waals surface area contributed by atoms with Crippen LogP contribution in [0.1, 0.15) is 29.3 Å². The van der Waals surface area contributed by atoms with Crippen molar-refractivity contribution in [3.63, 3.8) is 0 Å². The number of Topliss-reactive ketones (excluding diaryl/α,β-unsaturated/α-hetero) is 3. The molecule has 0 saturated carbocycles. The summed E-state index contributed by atoms with van der Waals surface area (Å²) in [7, 11) is 0. The maximum Gasteiger partial charge on any atom is 0.237 e. The highest BCUT2D eigenvalue weighted by Crippen LogP contribution is 2.34. The predicted molar refractivity (Wildman–Crippen MR) is 62.3 cm³/mol. The highest BCUT2D eigenvalue weighted by atomic mass is 16.3. The standard InChI is InChI=1S/C13H10O5/c1-6(14)5-8-11(16)7-3-2-4-9(15)10(7)13(18)12(8)17/h2-4,15-16H,5H2,1H3. The summed E-state index contributed by atoms with van der Waals surface area (Å²) in [5.41, 5.74) is -0.353. The van der Waals surface area contributed by atoms with E-state index in [2.05, 4.69) is 0 Å². The Morgan fingerprint density at radius 1 is 1.17 bits per heavy atom. The summed E-state index contributed by atoms with van der Waals surface area (Å²) in [6, 6.07) is 4.11. The number of aliphatic hydroxyl groups excluding tert-OH is 1. The number of hydrogen-bond acceptors (Lipinski definition) is 5. The SMILES string of the molecule is CC(=O)CC1=C(O)c2cccc(O)c2C(=O)C1=O. The lowest BCUT2D eigenvalue weighted by atomic mass is 9.86. The summed E-state index contributed by atoms with van der Waals surface area (Å²) >= 11 is 0. The Kier molecular flexibility index (Phi) is 2.74. The zero-order valence-electron chi connectivity index (χ0n) is 9.56. The molecule has 0 heterocycles. The third kappa shape index (κ3) is 1.69. The van der Waals surface area contributed by atoms with Gasteiger partial charge in [-0.25, -0.2) is 0 Å². The fourth-order valence-corrected chi connectivity index (χ4v) is 1.91. The number of hydrogen-bond donors (Lipinski definition) is 2. The molecule has 0 amide bonds. The van der Waals surface area contributed by atoms with Gasteiger partial charge in [0.1, 0.15) is 17.3 Å². The van der Waals surface area contributed by atoms with E-state index in [1.54, 1.807) is 0 Å². The number of aromatic hydroxyl groups is 1. The van der Waals surface area contributed by atoms with Crippen LogP contribution in [0.4, 0.5) is 0 Å². The minimum absolute atomic E-state index is 0.0795. The largest absolute Gasteiger partial charge is 0.507 e. The molecule has 2 rings (SSSR count). The fourth-order valence-electron chi connectivity index (χ4n) is 1.91. The molecule has 0 fully saturated rings. The number of phenolic OH excluding ortho intramolecular Hbond substituents is 1.